The number of rotatable bonds is 1. The summed E-state index contributed by atoms with van der Waals surface area (Å²) >= 11 is 0. The van der Waals surface area contributed by atoms with Gasteiger partial charge in [-0.2, -0.15) is 5.10 Å². The van der Waals surface area contributed by atoms with E-state index in [1.54, 1.807) is 0 Å². The minimum absolute atomic E-state index is 0.106. The van der Waals surface area contributed by atoms with Crippen molar-refractivity contribution in [3.8, 4) is 0 Å². The predicted octanol–water partition coefficient (Wildman–Crippen LogP) is -0.295. The monoisotopic (exact) mass is 193 g/mol. The molecule has 1 unspecified atom stereocenters. The molecule has 0 spiro atoms. The van der Waals surface area contributed by atoms with Crippen molar-refractivity contribution in [1.29, 1.82) is 0 Å². The Labute approximate surface area is 83.2 Å². The fraction of sp³-hybridized carbons (Fsp3) is 0.556. The molecule has 14 heavy (non-hydrogen) atoms. The Morgan fingerprint density at radius 2 is 2.21 bits per heavy atom. The van der Waals surface area contributed by atoms with Crippen LogP contribution in [-0.2, 0) is 7.05 Å². The van der Waals surface area contributed by atoms with Crippen molar-refractivity contribution in [2.75, 3.05) is 13.6 Å². The van der Waals surface area contributed by atoms with Gasteiger partial charge in [-0.05, 0) is 13.0 Å². The second-order valence-corrected chi connectivity index (χ2v) is 3.70. The van der Waals surface area contributed by atoms with E-state index < -0.39 is 0 Å². The molecule has 1 aromatic heterocycles. The highest BCUT2D eigenvalue weighted by Gasteiger charge is 2.22. The Kier molecular flexibility index (Phi) is 2.03. The first-order chi connectivity index (χ1) is 6.58. The maximum atomic E-state index is 5.75. The zero-order chi connectivity index (χ0) is 10.3. The number of amidine groups is 1. The molecule has 2 rings (SSSR count). The van der Waals surface area contributed by atoms with Crippen LogP contribution in [0, 0.1) is 6.92 Å². The molecule has 1 atom stereocenters. The van der Waals surface area contributed by atoms with Gasteiger partial charge in [0, 0.05) is 14.1 Å². The van der Waals surface area contributed by atoms with Crippen molar-refractivity contribution in [2.45, 2.75) is 13.1 Å². The number of aromatic nitrogens is 2. The first kappa shape index (κ1) is 9.21. The van der Waals surface area contributed by atoms with Gasteiger partial charge in [-0.15, -0.1) is 0 Å². The number of likely N-dealkylation sites (N-methyl/N-ethyl adjacent to an activating group) is 1. The van der Waals surface area contributed by atoms with E-state index >= 15 is 0 Å². The van der Waals surface area contributed by atoms with E-state index in [9.17, 15) is 0 Å². The van der Waals surface area contributed by atoms with E-state index in [0.717, 1.165) is 23.8 Å². The Morgan fingerprint density at radius 1 is 1.50 bits per heavy atom. The molecule has 0 amide bonds. The van der Waals surface area contributed by atoms with Gasteiger partial charge >= 0.3 is 0 Å². The molecule has 0 saturated carbocycles. The van der Waals surface area contributed by atoms with Crippen LogP contribution in [0.1, 0.15) is 11.4 Å². The molecule has 5 nitrogen and oxygen atoms in total. The molecule has 0 saturated heterocycles. The normalized spacial score (nSPS) is 21.6. The summed E-state index contributed by atoms with van der Waals surface area (Å²) < 4.78 is 1.84. The Hall–Kier alpha value is -1.36. The zero-order valence-corrected chi connectivity index (χ0v) is 8.73. The highest BCUT2D eigenvalue weighted by atomic mass is 15.3. The fourth-order valence-corrected chi connectivity index (χ4v) is 1.75. The molecule has 1 aliphatic rings. The van der Waals surface area contributed by atoms with Crippen molar-refractivity contribution in [3.05, 3.63) is 17.5 Å². The van der Waals surface area contributed by atoms with E-state index in [2.05, 4.69) is 15.0 Å². The van der Waals surface area contributed by atoms with Crippen molar-refractivity contribution in [1.82, 2.24) is 14.7 Å². The SMILES string of the molecule is Cc1cc(C2=NC(N)CN2C)n(C)n1. The van der Waals surface area contributed by atoms with Crippen LogP contribution in [0.3, 0.4) is 0 Å². The fourth-order valence-electron chi connectivity index (χ4n) is 1.75. The van der Waals surface area contributed by atoms with Crippen LogP contribution >= 0.6 is 0 Å². The number of hydrogen-bond acceptors (Lipinski definition) is 4. The quantitative estimate of drug-likeness (QED) is 0.666. The van der Waals surface area contributed by atoms with Crippen molar-refractivity contribution in [3.63, 3.8) is 0 Å². The molecular weight excluding hydrogens is 178 g/mol. The molecule has 76 valence electrons. The van der Waals surface area contributed by atoms with Gasteiger partial charge in [-0.3, -0.25) is 4.68 Å². The van der Waals surface area contributed by atoms with Gasteiger partial charge in [0.1, 0.15) is 11.9 Å². The van der Waals surface area contributed by atoms with Gasteiger partial charge in [0.2, 0.25) is 0 Å². The number of aryl methyl sites for hydroxylation is 2. The topological polar surface area (TPSA) is 59.4 Å². The van der Waals surface area contributed by atoms with Gasteiger partial charge in [-0.25, -0.2) is 4.99 Å². The molecule has 0 fully saturated rings. The van der Waals surface area contributed by atoms with Crippen LogP contribution < -0.4 is 5.73 Å². The minimum Gasteiger partial charge on any atom is -0.355 e. The maximum absolute atomic E-state index is 5.75. The summed E-state index contributed by atoms with van der Waals surface area (Å²) in [6.45, 7) is 2.75. The van der Waals surface area contributed by atoms with Crippen molar-refractivity contribution in [2.24, 2.45) is 17.8 Å². The summed E-state index contributed by atoms with van der Waals surface area (Å²) in [5, 5.41) is 4.28. The van der Waals surface area contributed by atoms with Crippen molar-refractivity contribution >= 4 is 5.84 Å². The molecule has 0 radical (unpaired) electrons. The summed E-state index contributed by atoms with van der Waals surface area (Å²) in [6, 6.07) is 2.02. The average Bonchev–Trinajstić information content (AvgIpc) is 2.55. The molecule has 5 heteroatoms. The molecular formula is C9H15N5. The lowest BCUT2D eigenvalue weighted by molar-refractivity contribution is 0.502. The van der Waals surface area contributed by atoms with E-state index in [0.29, 0.717) is 0 Å². The van der Waals surface area contributed by atoms with Gasteiger partial charge < -0.3 is 10.6 Å². The number of nitrogens with two attached hydrogens (primary N) is 1. The van der Waals surface area contributed by atoms with Gasteiger partial charge in [0.15, 0.2) is 5.84 Å². The summed E-state index contributed by atoms with van der Waals surface area (Å²) in [5.41, 5.74) is 7.78. The molecule has 2 heterocycles. The summed E-state index contributed by atoms with van der Waals surface area (Å²) in [6.07, 6.45) is -0.106. The molecule has 0 aromatic carbocycles. The van der Waals surface area contributed by atoms with E-state index in [1.165, 1.54) is 0 Å². The third kappa shape index (κ3) is 1.39. The van der Waals surface area contributed by atoms with Crippen LogP contribution in [-0.4, -0.2) is 40.3 Å². The van der Waals surface area contributed by atoms with Crippen LogP contribution in [0.15, 0.2) is 11.1 Å². The lowest BCUT2D eigenvalue weighted by Gasteiger charge is -2.13. The van der Waals surface area contributed by atoms with Gasteiger partial charge in [0.05, 0.1) is 12.2 Å². The molecule has 1 aliphatic heterocycles. The smallest absolute Gasteiger partial charge is 0.151 e. The minimum atomic E-state index is -0.106. The summed E-state index contributed by atoms with van der Waals surface area (Å²) in [4.78, 5) is 6.43. The first-order valence-corrected chi connectivity index (χ1v) is 4.63. The van der Waals surface area contributed by atoms with Crippen LogP contribution in [0.2, 0.25) is 0 Å². The molecule has 2 N–H and O–H groups in total. The van der Waals surface area contributed by atoms with Crippen molar-refractivity contribution < 1.29 is 0 Å². The van der Waals surface area contributed by atoms with Crippen LogP contribution in [0.25, 0.3) is 0 Å². The largest absolute Gasteiger partial charge is 0.355 e. The van der Waals surface area contributed by atoms with Crippen LogP contribution in [0.4, 0.5) is 0 Å². The summed E-state index contributed by atoms with van der Waals surface area (Å²) in [5.74, 6) is 0.931. The molecule has 0 aliphatic carbocycles. The third-order valence-corrected chi connectivity index (χ3v) is 2.34. The second-order valence-electron chi connectivity index (χ2n) is 3.70. The highest BCUT2D eigenvalue weighted by Crippen LogP contribution is 2.12. The lowest BCUT2D eigenvalue weighted by Crippen LogP contribution is -2.29. The second kappa shape index (κ2) is 3.09. The Morgan fingerprint density at radius 3 is 2.64 bits per heavy atom. The highest BCUT2D eigenvalue weighted by molar-refractivity contribution is 5.98. The number of aliphatic imine (C=N–C) groups is 1. The molecule has 0 bridgehead atoms. The Bertz CT molecular complexity index is 379. The average molecular weight is 193 g/mol. The van der Waals surface area contributed by atoms with Gasteiger partial charge in [0.25, 0.3) is 0 Å². The Balaban J connectivity index is 2.40. The molecule has 1 aromatic rings. The number of nitrogens with zero attached hydrogens (tertiary/aromatic N) is 4. The predicted molar refractivity (Wildman–Crippen MR) is 55.1 cm³/mol. The van der Waals surface area contributed by atoms with E-state index in [-0.39, 0.29) is 6.17 Å². The number of hydrogen-bond donors (Lipinski definition) is 1. The van der Waals surface area contributed by atoms with E-state index in [1.807, 2.05) is 31.8 Å². The standard InChI is InChI=1S/C9H15N5/c1-6-4-7(14(3)12-6)9-11-8(10)5-13(9)2/h4,8H,5,10H2,1-3H3. The van der Waals surface area contributed by atoms with Crippen LogP contribution in [0.5, 0.6) is 0 Å². The lowest BCUT2D eigenvalue weighted by atomic mass is 10.3. The summed E-state index contributed by atoms with van der Waals surface area (Å²) in [7, 11) is 3.91. The van der Waals surface area contributed by atoms with E-state index in [4.69, 9.17) is 5.73 Å². The third-order valence-electron chi connectivity index (χ3n) is 2.34. The maximum Gasteiger partial charge on any atom is 0.151 e. The first-order valence-electron chi connectivity index (χ1n) is 4.63. The van der Waals surface area contributed by atoms with Gasteiger partial charge in [-0.1, -0.05) is 0 Å². The zero-order valence-electron chi connectivity index (χ0n) is 8.73.